The van der Waals surface area contributed by atoms with E-state index in [2.05, 4.69) is 21.0 Å². The number of aromatic nitrogens is 2. The molecule has 0 atom stereocenters. The first-order valence-electron chi connectivity index (χ1n) is 4.41. The molecular formula is C10H9BrN2O2. The zero-order valence-corrected chi connectivity index (χ0v) is 9.65. The van der Waals surface area contributed by atoms with Crippen molar-refractivity contribution in [3.63, 3.8) is 0 Å². The maximum absolute atomic E-state index is 10.6. The average Bonchev–Trinajstić information content (AvgIpc) is 2.42. The van der Waals surface area contributed by atoms with Gasteiger partial charge in [-0.3, -0.25) is 9.48 Å². The van der Waals surface area contributed by atoms with Gasteiger partial charge in [0, 0.05) is 16.9 Å². The van der Waals surface area contributed by atoms with Crippen molar-refractivity contribution in [1.29, 1.82) is 0 Å². The maximum Gasteiger partial charge on any atom is 0.309 e. The van der Waals surface area contributed by atoms with Crippen LogP contribution in [0.25, 0.3) is 10.9 Å². The van der Waals surface area contributed by atoms with Crippen molar-refractivity contribution in [2.75, 3.05) is 0 Å². The third kappa shape index (κ3) is 1.87. The van der Waals surface area contributed by atoms with E-state index in [9.17, 15) is 4.79 Å². The number of hydrogen-bond donors (Lipinski definition) is 1. The van der Waals surface area contributed by atoms with Gasteiger partial charge in [0.25, 0.3) is 0 Å². The lowest BCUT2D eigenvalue weighted by Crippen LogP contribution is -2.01. The van der Waals surface area contributed by atoms with E-state index in [-0.39, 0.29) is 6.42 Å². The molecule has 1 N–H and O–H groups in total. The van der Waals surface area contributed by atoms with Gasteiger partial charge >= 0.3 is 5.97 Å². The van der Waals surface area contributed by atoms with E-state index in [0.717, 1.165) is 15.4 Å². The van der Waals surface area contributed by atoms with Gasteiger partial charge in [-0.2, -0.15) is 5.10 Å². The predicted octanol–water partition coefficient (Wildman–Crippen LogP) is 1.96. The highest BCUT2D eigenvalue weighted by Crippen LogP contribution is 2.22. The Balaban J connectivity index is 2.64. The van der Waals surface area contributed by atoms with Crippen LogP contribution in [-0.2, 0) is 18.3 Å². The van der Waals surface area contributed by atoms with Crippen molar-refractivity contribution in [2.45, 2.75) is 6.42 Å². The van der Waals surface area contributed by atoms with Crippen LogP contribution in [0.15, 0.2) is 22.7 Å². The van der Waals surface area contributed by atoms with Crippen LogP contribution in [-0.4, -0.2) is 20.9 Å². The molecule has 0 radical (unpaired) electrons. The van der Waals surface area contributed by atoms with Gasteiger partial charge in [-0.15, -0.1) is 0 Å². The summed E-state index contributed by atoms with van der Waals surface area (Å²) >= 11 is 3.36. The minimum atomic E-state index is -0.866. The lowest BCUT2D eigenvalue weighted by molar-refractivity contribution is -0.136. The van der Waals surface area contributed by atoms with Gasteiger partial charge in [0.05, 0.1) is 17.6 Å². The quantitative estimate of drug-likeness (QED) is 0.906. The SMILES string of the molecule is Cn1nc(CC(=O)O)c2cc(Br)ccc21. The molecule has 0 unspecified atom stereocenters. The zero-order chi connectivity index (χ0) is 11.0. The van der Waals surface area contributed by atoms with Gasteiger partial charge in [0.2, 0.25) is 0 Å². The number of carboxylic acid groups (broad SMARTS) is 1. The lowest BCUT2D eigenvalue weighted by Gasteiger charge is -1.94. The first kappa shape index (κ1) is 10.2. The highest BCUT2D eigenvalue weighted by molar-refractivity contribution is 9.10. The fourth-order valence-corrected chi connectivity index (χ4v) is 1.95. The maximum atomic E-state index is 10.6. The van der Waals surface area contributed by atoms with Crippen LogP contribution in [0.4, 0.5) is 0 Å². The molecule has 78 valence electrons. The molecule has 0 bridgehead atoms. The van der Waals surface area contributed by atoms with E-state index in [1.165, 1.54) is 0 Å². The van der Waals surface area contributed by atoms with Crippen LogP contribution in [0.2, 0.25) is 0 Å². The second-order valence-electron chi connectivity index (χ2n) is 3.30. The summed E-state index contributed by atoms with van der Waals surface area (Å²) in [4.78, 5) is 10.6. The molecule has 4 nitrogen and oxygen atoms in total. The summed E-state index contributed by atoms with van der Waals surface area (Å²) in [6.07, 6.45) is -0.0478. The first-order valence-corrected chi connectivity index (χ1v) is 5.20. The van der Waals surface area contributed by atoms with Gasteiger partial charge in [-0.25, -0.2) is 0 Å². The number of halogens is 1. The number of carboxylic acids is 1. The Hall–Kier alpha value is -1.36. The van der Waals surface area contributed by atoms with E-state index in [4.69, 9.17) is 5.11 Å². The van der Waals surface area contributed by atoms with E-state index in [0.29, 0.717) is 5.69 Å². The van der Waals surface area contributed by atoms with E-state index in [1.807, 2.05) is 25.2 Å². The first-order chi connectivity index (χ1) is 7.08. The van der Waals surface area contributed by atoms with Crippen LogP contribution in [0.1, 0.15) is 5.69 Å². The minimum Gasteiger partial charge on any atom is -0.481 e. The number of rotatable bonds is 2. The Kier molecular flexibility index (Phi) is 2.48. The average molecular weight is 269 g/mol. The zero-order valence-electron chi connectivity index (χ0n) is 8.07. The monoisotopic (exact) mass is 268 g/mol. The van der Waals surface area contributed by atoms with E-state index in [1.54, 1.807) is 4.68 Å². The topological polar surface area (TPSA) is 55.1 Å². The van der Waals surface area contributed by atoms with Gasteiger partial charge in [0.15, 0.2) is 0 Å². The summed E-state index contributed by atoms with van der Waals surface area (Å²) in [5.74, 6) is -0.866. The number of hydrogen-bond acceptors (Lipinski definition) is 2. The number of carbonyl (C=O) groups is 1. The molecule has 0 aliphatic carbocycles. The number of aryl methyl sites for hydroxylation is 1. The van der Waals surface area contributed by atoms with E-state index < -0.39 is 5.97 Å². The molecule has 0 saturated heterocycles. The summed E-state index contributed by atoms with van der Waals surface area (Å²) in [6.45, 7) is 0. The number of fused-ring (bicyclic) bond motifs is 1. The van der Waals surface area contributed by atoms with Crippen LogP contribution < -0.4 is 0 Å². The van der Waals surface area contributed by atoms with Gasteiger partial charge in [-0.05, 0) is 18.2 Å². The lowest BCUT2D eigenvalue weighted by atomic mass is 10.2. The highest BCUT2D eigenvalue weighted by atomic mass is 79.9. The predicted molar refractivity (Wildman–Crippen MR) is 59.8 cm³/mol. The van der Waals surface area contributed by atoms with Crippen LogP contribution in [0, 0.1) is 0 Å². The third-order valence-corrected chi connectivity index (χ3v) is 2.70. The molecule has 1 aromatic heterocycles. The standard InChI is InChI=1S/C10H9BrN2O2/c1-13-9-3-2-6(11)4-7(9)8(12-13)5-10(14)15/h2-4H,5H2,1H3,(H,14,15). The molecular weight excluding hydrogens is 260 g/mol. The van der Waals surface area contributed by atoms with Crippen molar-refractivity contribution in [3.8, 4) is 0 Å². The molecule has 0 amide bonds. The Morgan fingerprint density at radius 3 is 3.00 bits per heavy atom. The van der Waals surface area contributed by atoms with Crippen LogP contribution in [0.5, 0.6) is 0 Å². The van der Waals surface area contributed by atoms with Crippen molar-refractivity contribution >= 4 is 32.8 Å². The highest BCUT2D eigenvalue weighted by Gasteiger charge is 2.11. The Morgan fingerprint density at radius 2 is 2.33 bits per heavy atom. The molecule has 0 fully saturated rings. The summed E-state index contributed by atoms with van der Waals surface area (Å²) in [5, 5.41) is 13.8. The minimum absolute atomic E-state index is 0.0478. The second kappa shape index (κ2) is 3.66. The molecule has 0 aliphatic heterocycles. The molecule has 15 heavy (non-hydrogen) atoms. The second-order valence-corrected chi connectivity index (χ2v) is 4.22. The summed E-state index contributed by atoms with van der Waals surface area (Å²) < 4.78 is 2.62. The molecule has 5 heteroatoms. The summed E-state index contributed by atoms with van der Waals surface area (Å²) in [6, 6.07) is 5.72. The van der Waals surface area contributed by atoms with Crippen molar-refractivity contribution in [1.82, 2.24) is 9.78 Å². The van der Waals surface area contributed by atoms with Gasteiger partial charge < -0.3 is 5.11 Å². The number of nitrogens with zero attached hydrogens (tertiary/aromatic N) is 2. The van der Waals surface area contributed by atoms with E-state index >= 15 is 0 Å². The summed E-state index contributed by atoms with van der Waals surface area (Å²) in [7, 11) is 1.81. The normalized spacial score (nSPS) is 10.8. The van der Waals surface area contributed by atoms with Crippen LogP contribution in [0.3, 0.4) is 0 Å². The summed E-state index contributed by atoms with van der Waals surface area (Å²) in [5.41, 5.74) is 1.54. The fourth-order valence-electron chi connectivity index (χ4n) is 1.58. The Labute approximate surface area is 94.6 Å². The van der Waals surface area contributed by atoms with Gasteiger partial charge in [0.1, 0.15) is 0 Å². The molecule has 0 saturated carbocycles. The molecule has 2 rings (SSSR count). The van der Waals surface area contributed by atoms with Crippen LogP contribution >= 0.6 is 15.9 Å². The molecule has 0 aliphatic rings. The number of aliphatic carboxylic acids is 1. The largest absolute Gasteiger partial charge is 0.481 e. The Bertz CT molecular complexity index is 533. The third-order valence-electron chi connectivity index (χ3n) is 2.21. The van der Waals surface area contributed by atoms with Gasteiger partial charge in [-0.1, -0.05) is 15.9 Å². The molecule has 1 aromatic carbocycles. The fraction of sp³-hybridized carbons (Fsp3) is 0.200. The molecule has 0 spiro atoms. The smallest absolute Gasteiger partial charge is 0.309 e. The Morgan fingerprint density at radius 1 is 1.60 bits per heavy atom. The molecule has 2 aromatic rings. The van der Waals surface area contributed by atoms with Crippen molar-refractivity contribution in [2.24, 2.45) is 7.05 Å². The number of benzene rings is 1. The molecule has 1 heterocycles. The van der Waals surface area contributed by atoms with Crippen molar-refractivity contribution in [3.05, 3.63) is 28.4 Å². The van der Waals surface area contributed by atoms with Crippen molar-refractivity contribution < 1.29 is 9.90 Å².